The molecule has 1 saturated heterocycles. The molecule has 0 spiro atoms. The summed E-state index contributed by atoms with van der Waals surface area (Å²) in [4.78, 5) is 26.4. The number of anilines is 2. The minimum Gasteiger partial charge on any atom is -0.322 e. The Balaban J connectivity index is 1.53. The van der Waals surface area contributed by atoms with Crippen molar-refractivity contribution < 1.29 is 14.0 Å². The van der Waals surface area contributed by atoms with Crippen LogP contribution >= 0.6 is 23.4 Å². The van der Waals surface area contributed by atoms with Crippen LogP contribution in [-0.4, -0.2) is 17.6 Å². The van der Waals surface area contributed by atoms with Crippen LogP contribution in [0.4, 0.5) is 15.8 Å². The number of amides is 2. The van der Waals surface area contributed by atoms with Gasteiger partial charge in [0.25, 0.3) is 5.91 Å². The molecule has 1 atom stereocenters. The van der Waals surface area contributed by atoms with Crippen molar-refractivity contribution >= 4 is 46.6 Å². The molecule has 0 bridgehead atoms. The molecule has 0 aromatic heterocycles. The van der Waals surface area contributed by atoms with Crippen molar-refractivity contribution in [3.63, 3.8) is 0 Å². The molecule has 0 unspecified atom stereocenters. The number of rotatable bonds is 4. The van der Waals surface area contributed by atoms with E-state index in [9.17, 15) is 14.0 Å². The molecule has 0 aliphatic carbocycles. The first-order valence-electron chi connectivity index (χ1n) is 8.88. The molecule has 1 aliphatic heterocycles. The lowest BCUT2D eigenvalue weighted by Crippen LogP contribution is -2.27. The van der Waals surface area contributed by atoms with Gasteiger partial charge in [0.2, 0.25) is 5.91 Å². The highest BCUT2D eigenvalue weighted by Gasteiger charge is 2.34. The van der Waals surface area contributed by atoms with Gasteiger partial charge in [-0.15, -0.1) is 11.8 Å². The van der Waals surface area contributed by atoms with E-state index in [4.69, 9.17) is 11.6 Å². The average molecular weight is 427 g/mol. The third-order valence-electron chi connectivity index (χ3n) is 4.53. The number of carbonyl (C=O) groups is 2. The molecule has 146 valence electrons. The number of nitrogens with zero attached hydrogens (tertiary/aromatic N) is 1. The van der Waals surface area contributed by atoms with Gasteiger partial charge >= 0.3 is 0 Å². The van der Waals surface area contributed by atoms with E-state index >= 15 is 0 Å². The van der Waals surface area contributed by atoms with Gasteiger partial charge in [-0.1, -0.05) is 41.9 Å². The number of hydrogen-bond acceptors (Lipinski definition) is 3. The smallest absolute Gasteiger partial charge is 0.257 e. The summed E-state index contributed by atoms with van der Waals surface area (Å²) in [6.07, 6.45) is 0. The van der Waals surface area contributed by atoms with Crippen LogP contribution in [0.5, 0.6) is 0 Å². The summed E-state index contributed by atoms with van der Waals surface area (Å²) < 4.78 is 13.6. The molecule has 0 saturated carbocycles. The van der Waals surface area contributed by atoms with Gasteiger partial charge in [-0.3, -0.25) is 14.5 Å². The maximum absolute atomic E-state index is 13.6. The molecule has 29 heavy (non-hydrogen) atoms. The van der Waals surface area contributed by atoms with Gasteiger partial charge < -0.3 is 5.32 Å². The van der Waals surface area contributed by atoms with Crippen molar-refractivity contribution in [3.8, 4) is 0 Å². The van der Waals surface area contributed by atoms with E-state index in [-0.39, 0.29) is 23.0 Å². The second kappa shape index (κ2) is 8.27. The second-order valence-corrected chi connectivity index (χ2v) is 7.94. The van der Waals surface area contributed by atoms with Gasteiger partial charge in [0.15, 0.2) is 0 Å². The molecule has 7 heteroatoms. The monoisotopic (exact) mass is 426 g/mol. The number of benzene rings is 3. The molecule has 1 aliphatic rings. The lowest BCUT2D eigenvalue weighted by atomic mass is 10.1. The first-order chi connectivity index (χ1) is 14.0. The summed E-state index contributed by atoms with van der Waals surface area (Å²) in [5, 5.41) is 2.95. The second-order valence-electron chi connectivity index (χ2n) is 6.46. The van der Waals surface area contributed by atoms with Crippen LogP contribution in [0.2, 0.25) is 5.02 Å². The van der Waals surface area contributed by atoms with E-state index in [0.29, 0.717) is 27.7 Å². The number of hydrogen-bond donors (Lipinski definition) is 1. The molecule has 1 heterocycles. The van der Waals surface area contributed by atoms with Gasteiger partial charge in [0, 0.05) is 11.4 Å². The molecule has 4 nitrogen and oxygen atoms in total. The summed E-state index contributed by atoms with van der Waals surface area (Å²) in [7, 11) is 0. The first kappa shape index (κ1) is 19.5. The van der Waals surface area contributed by atoms with Crippen LogP contribution in [0.25, 0.3) is 0 Å². The Labute approximate surface area is 176 Å². The number of halogens is 2. The van der Waals surface area contributed by atoms with Crippen molar-refractivity contribution in [2.75, 3.05) is 16.0 Å². The van der Waals surface area contributed by atoms with Crippen LogP contribution in [0.3, 0.4) is 0 Å². The van der Waals surface area contributed by atoms with Gasteiger partial charge in [0.1, 0.15) is 11.2 Å². The molecule has 4 rings (SSSR count). The zero-order valence-corrected chi connectivity index (χ0v) is 16.7. The minimum atomic E-state index is -0.386. The quantitative estimate of drug-likeness (QED) is 0.598. The first-order valence-corrected chi connectivity index (χ1v) is 10.3. The largest absolute Gasteiger partial charge is 0.322 e. The summed E-state index contributed by atoms with van der Waals surface area (Å²) in [6, 6.07) is 20.1. The van der Waals surface area contributed by atoms with E-state index in [1.54, 1.807) is 53.4 Å². The maximum atomic E-state index is 13.6. The van der Waals surface area contributed by atoms with E-state index < -0.39 is 0 Å². The van der Waals surface area contributed by atoms with Crippen molar-refractivity contribution in [1.82, 2.24) is 0 Å². The molecule has 0 radical (unpaired) electrons. The highest BCUT2D eigenvalue weighted by Crippen LogP contribution is 2.42. The average Bonchev–Trinajstić information content (AvgIpc) is 3.10. The summed E-state index contributed by atoms with van der Waals surface area (Å²) in [5.41, 5.74) is 2.43. The Hall–Kier alpha value is -2.83. The predicted molar refractivity (Wildman–Crippen MR) is 115 cm³/mol. The molecule has 2 amide bonds. The van der Waals surface area contributed by atoms with E-state index in [1.165, 1.54) is 23.9 Å². The Kier molecular flexibility index (Phi) is 5.56. The summed E-state index contributed by atoms with van der Waals surface area (Å²) in [6.45, 7) is 0. The van der Waals surface area contributed by atoms with Crippen LogP contribution in [-0.2, 0) is 4.79 Å². The van der Waals surface area contributed by atoms with Crippen molar-refractivity contribution in [3.05, 3.63) is 94.8 Å². The maximum Gasteiger partial charge on any atom is 0.257 e. The molecule has 3 aromatic rings. The van der Waals surface area contributed by atoms with Crippen LogP contribution in [0.15, 0.2) is 72.8 Å². The van der Waals surface area contributed by atoms with Gasteiger partial charge in [-0.2, -0.15) is 0 Å². The highest BCUT2D eigenvalue weighted by atomic mass is 35.5. The van der Waals surface area contributed by atoms with E-state index in [1.807, 2.05) is 12.1 Å². The van der Waals surface area contributed by atoms with Crippen LogP contribution in [0.1, 0.15) is 21.3 Å². The zero-order valence-electron chi connectivity index (χ0n) is 15.1. The molecule has 1 fully saturated rings. The number of nitrogens with one attached hydrogen (secondary N) is 1. The topological polar surface area (TPSA) is 49.4 Å². The standard InChI is InChI=1S/C22H16ClFN2O2S/c23-19-7-2-1-6-18(19)21(28)25-16-10-8-14(9-11-16)22-26(20(27)13-29-22)17-5-3-4-15(24)12-17/h1-12,22H,13H2,(H,25,28)/t22-/m1/s1. The lowest BCUT2D eigenvalue weighted by molar-refractivity contribution is -0.115. The van der Waals surface area contributed by atoms with Gasteiger partial charge in [0.05, 0.1) is 16.3 Å². The number of thioether (sulfide) groups is 1. The Bertz CT molecular complexity index is 1070. The van der Waals surface area contributed by atoms with E-state index in [0.717, 1.165) is 5.56 Å². The Morgan fingerprint density at radius 3 is 2.55 bits per heavy atom. The van der Waals surface area contributed by atoms with E-state index in [2.05, 4.69) is 5.32 Å². The Morgan fingerprint density at radius 2 is 1.83 bits per heavy atom. The SMILES string of the molecule is O=C(Nc1ccc([C@H]2SCC(=O)N2c2cccc(F)c2)cc1)c1ccccc1Cl. The minimum absolute atomic E-state index is 0.0679. The van der Waals surface area contributed by atoms with Crippen molar-refractivity contribution in [1.29, 1.82) is 0 Å². The summed E-state index contributed by atoms with van der Waals surface area (Å²) >= 11 is 7.55. The zero-order chi connectivity index (χ0) is 20.4. The van der Waals surface area contributed by atoms with Crippen LogP contribution < -0.4 is 10.2 Å². The fourth-order valence-corrected chi connectivity index (χ4v) is 4.55. The molecular weight excluding hydrogens is 411 g/mol. The Morgan fingerprint density at radius 1 is 1.07 bits per heavy atom. The molecular formula is C22H16ClFN2O2S. The fourth-order valence-electron chi connectivity index (χ4n) is 3.15. The van der Waals surface area contributed by atoms with Crippen molar-refractivity contribution in [2.45, 2.75) is 5.37 Å². The third-order valence-corrected chi connectivity index (χ3v) is 6.07. The number of carbonyl (C=O) groups excluding carboxylic acids is 2. The lowest BCUT2D eigenvalue weighted by Gasteiger charge is -2.24. The highest BCUT2D eigenvalue weighted by molar-refractivity contribution is 8.00. The van der Waals surface area contributed by atoms with Gasteiger partial charge in [-0.05, 0) is 48.0 Å². The van der Waals surface area contributed by atoms with Gasteiger partial charge in [-0.25, -0.2) is 4.39 Å². The fraction of sp³-hybridized carbons (Fsp3) is 0.0909. The molecule has 3 aromatic carbocycles. The third kappa shape index (κ3) is 4.13. The molecule has 1 N–H and O–H groups in total. The predicted octanol–water partition coefficient (Wildman–Crippen LogP) is 5.51. The summed E-state index contributed by atoms with van der Waals surface area (Å²) in [5.74, 6) is -0.424. The van der Waals surface area contributed by atoms with Crippen LogP contribution in [0, 0.1) is 5.82 Å². The van der Waals surface area contributed by atoms with Crippen molar-refractivity contribution in [2.24, 2.45) is 0 Å². The normalized spacial score (nSPS) is 16.1.